The Bertz CT molecular complexity index is 435. The topological polar surface area (TPSA) is 74.6 Å². The van der Waals surface area contributed by atoms with Crippen molar-refractivity contribution in [1.29, 1.82) is 0 Å². The Labute approximate surface area is 97.9 Å². The van der Waals surface area contributed by atoms with E-state index >= 15 is 0 Å². The van der Waals surface area contributed by atoms with E-state index < -0.39 is 0 Å². The summed E-state index contributed by atoms with van der Waals surface area (Å²) in [7, 11) is 1.93. The first kappa shape index (κ1) is 11.2. The van der Waals surface area contributed by atoms with Crippen LogP contribution in [-0.4, -0.2) is 30.1 Å². The summed E-state index contributed by atoms with van der Waals surface area (Å²) in [5.74, 6) is 1.75. The predicted molar refractivity (Wildman–Crippen MR) is 61.8 cm³/mol. The number of nitrogens with two attached hydrogens (primary N) is 1. The van der Waals surface area contributed by atoms with E-state index in [1.54, 1.807) is 18.0 Å². The van der Waals surface area contributed by atoms with Gasteiger partial charge in [0.05, 0.1) is 12.9 Å². The van der Waals surface area contributed by atoms with Crippen LogP contribution in [0.5, 0.6) is 0 Å². The molecule has 0 atom stereocenters. The largest absolute Gasteiger partial charge is 0.337 e. The fourth-order valence-corrected chi connectivity index (χ4v) is 2.19. The quantitative estimate of drug-likeness (QED) is 0.756. The van der Waals surface area contributed by atoms with Gasteiger partial charge >= 0.3 is 0 Å². The predicted octanol–water partition coefficient (Wildman–Crippen LogP) is 0.263. The normalized spacial score (nSPS) is 10.9. The molecule has 0 aliphatic carbocycles. The van der Waals surface area contributed by atoms with E-state index in [9.17, 15) is 0 Å². The van der Waals surface area contributed by atoms with Crippen molar-refractivity contribution >= 4 is 11.8 Å². The molecule has 2 rings (SSSR count). The van der Waals surface area contributed by atoms with Crippen molar-refractivity contribution in [2.24, 2.45) is 12.8 Å². The van der Waals surface area contributed by atoms with E-state index in [4.69, 9.17) is 5.73 Å². The highest BCUT2D eigenvalue weighted by atomic mass is 32.2. The molecule has 0 spiro atoms. The molecule has 0 unspecified atom stereocenters. The Morgan fingerprint density at radius 3 is 2.94 bits per heavy atom. The minimum Gasteiger partial charge on any atom is -0.337 e. The summed E-state index contributed by atoms with van der Waals surface area (Å²) in [6.45, 7) is 1.33. The van der Waals surface area contributed by atoms with Gasteiger partial charge in [-0.15, -0.1) is 10.2 Å². The van der Waals surface area contributed by atoms with Gasteiger partial charge in [0, 0.05) is 31.7 Å². The summed E-state index contributed by atoms with van der Waals surface area (Å²) in [6, 6.07) is 0. The molecule has 0 bridgehead atoms. The second-order valence-corrected chi connectivity index (χ2v) is 4.37. The minimum atomic E-state index is 0.422. The third-order valence-electron chi connectivity index (χ3n) is 2.25. The fraction of sp³-hybridized carbons (Fsp3) is 0.444. The lowest BCUT2D eigenvalue weighted by atomic mass is 10.6. The molecule has 0 saturated heterocycles. The maximum Gasteiger partial charge on any atom is 0.191 e. The maximum atomic E-state index is 5.52. The zero-order valence-corrected chi connectivity index (χ0v) is 9.89. The Morgan fingerprint density at radius 1 is 1.44 bits per heavy atom. The van der Waals surface area contributed by atoms with Crippen LogP contribution in [0.4, 0.5) is 0 Å². The van der Waals surface area contributed by atoms with Crippen LogP contribution in [0.25, 0.3) is 0 Å². The Morgan fingerprint density at radius 2 is 2.31 bits per heavy atom. The molecule has 6 nitrogen and oxygen atoms in total. The third kappa shape index (κ3) is 2.42. The third-order valence-corrected chi connectivity index (χ3v) is 3.25. The number of nitrogens with zero attached hydrogens (tertiary/aromatic N) is 5. The lowest BCUT2D eigenvalue weighted by molar-refractivity contribution is 0.728. The van der Waals surface area contributed by atoms with Gasteiger partial charge in [-0.1, -0.05) is 11.8 Å². The molecule has 0 radical (unpaired) electrons. The molecule has 0 saturated carbocycles. The Kier molecular flexibility index (Phi) is 3.58. The van der Waals surface area contributed by atoms with E-state index in [0.29, 0.717) is 6.54 Å². The summed E-state index contributed by atoms with van der Waals surface area (Å²) in [5, 5.41) is 8.98. The second kappa shape index (κ2) is 5.13. The van der Waals surface area contributed by atoms with Crippen LogP contribution in [0.2, 0.25) is 0 Å². The molecule has 7 heteroatoms. The van der Waals surface area contributed by atoms with Gasteiger partial charge < -0.3 is 14.9 Å². The van der Waals surface area contributed by atoms with Gasteiger partial charge in [0.25, 0.3) is 0 Å². The number of hydrogen-bond donors (Lipinski definition) is 1. The van der Waals surface area contributed by atoms with E-state index in [1.165, 1.54) is 0 Å². The first-order chi connectivity index (χ1) is 7.81. The second-order valence-electron chi connectivity index (χ2n) is 3.31. The van der Waals surface area contributed by atoms with Gasteiger partial charge in [0.2, 0.25) is 0 Å². The molecule has 0 aliphatic rings. The van der Waals surface area contributed by atoms with Crippen molar-refractivity contribution in [2.45, 2.75) is 18.2 Å². The van der Waals surface area contributed by atoms with Gasteiger partial charge in [-0.2, -0.15) is 0 Å². The number of rotatable bonds is 5. The number of aryl methyl sites for hydroxylation is 1. The fourth-order valence-electron chi connectivity index (χ4n) is 1.31. The summed E-state index contributed by atoms with van der Waals surface area (Å²) in [4.78, 5) is 3.99. The average molecular weight is 238 g/mol. The van der Waals surface area contributed by atoms with Gasteiger partial charge in [-0.25, -0.2) is 4.98 Å². The van der Waals surface area contributed by atoms with Gasteiger partial charge in [-0.05, 0) is 0 Å². The monoisotopic (exact) mass is 238 g/mol. The van der Waals surface area contributed by atoms with Crippen LogP contribution in [-0.2, 0) is 20.1 Å². The summed E-state index contributed by atoms with van der Waals surface area (Å²) in [6.07, 6.45) is 5.53. The lowest BCUT2D eigenvalue weighted by Crippen LogP contribution is -2.05. The standard InChI is InChI=1S/C9H14N6S/c1-14-8(6-10)12-13-9(14)16-5-4-15-3-2-11-7-15/h2-3,7H,4-6,10H2,1H3. The van der Waals surface area contributed by atoms with Crippen LogP contribution < -0.4 is 5.73 Å². The van der Waals surface area contributed by atoms with Crippen LogP contribution >= 0.6 is 11.8 Å². The molecule has 86 valence electrons. The molecule has 2 aromatic heterocycles. The molecular weight excluding hydrogens is 224 g/mol. The van der Waals surface area contributed by atoms with Crippen molar-refractivity contribution in [3.8, 4) is 0 Å². The molecule has 2 heterocycles. The smallest absolute Gasteiger partial charge is 0.191 e. The highest BCUT2D eigenvalue weighted by Crippen LogP contribution is 2.15. The van der Waals surface area contributed by atoms with Crippen molar-refractivity contribution in [1.82, 2.24) is 24.3 Å². The summed E-state index contributed by atoms with van der Waals surface area (Å²) in [5.41, 5.74) is 5.52. The van der Waals surface area contributed by atoms with Gasteiger partial charge in [-0.3, -0.25) is 0 Å². The zero-order valence-electron chi connectivity index (χ0n) is 9.08. The molecule has 0 aromatic carbocycles. The van der Waals surface area contributed by atoms with E-state index in [-0.39, 0.29) is 0 Å². The van der Waals surface area contributed by atoms with Crippen LogP contribution in [0.15, 0.2) is 23.9 Å². The first-order valence-electron chi connectivity index (χ1n) is 4.98. The van der Waals surface area contributed by atoms with E-state index in [1.807, 2.05) is 28.7 Å². The average Bonchev–Trinajstić information content (AvgIpc) is 2.90. The highest BCUT2D eigenvalue weighted by Gasteiger charge is 2.06. The Balaban J connectivity index is 1.87. The molecule has 2 N–H and O–H groups in total. The summed E-state index contributed by atoms with van der Waals surface area (Å²) < 4.78 is 3.96. The molecule has 0 fully saturated rings. The van der Waals surface area contributed by atoms with Crippen LogP contribution in [0, 0.1) is 0 Å². The highest BCUT2D eigenvalue weighted by molar-refractivity contribution is 7.99. The van der Waals surface area contributed by atoms with Crippen molar-refractivity contribution in [3.05, 3.63) is 24.5 Å². The van der Waals surface area contributed by atoms with Gasteiger partial charge in [0.15, 0.2) is 5.16 Å². The number of aromatic nitrogens is 5. The summed E-state index contributed by atoms with van der Waals surface area (Å²) >= 11 is 1.67. The molecule has 0 amide bonds. The van der Waals surface area contributed by atoms with Crippen molar-refractivity contribution < 1.29 is 0 Å². The number of hydrogen-bond acceptors (Lipinski definition) is 5. The zero-order chi connectivity index (χ0) is 11.4. The lowest BCUT2D eigenvalue weighted by Gasteiger charge is -2.02. The van der Waals surface area contributed by atoms with Crippen molar-refractivity contribution in [2.75, 3.05) is 5.75 Å². The minimum absolute atomic E-state index is 0.422. The van der Waals surface area contributed by atoms with Gasteiger partial charge in [0.1, 0.15) is 5.82 Å². The molecule has 0 aliphatic heterocycles. The number of thioether (sulfide) groups is 1. The first-order valence-corrected chi connectivity index (χ1v) is 5.96. The number of imidazole rings is 1. The molecule has 2 aromatic rings. The SMILES string of the molecule is Cn1c(CN)nnc1SCCn1ccnc1. The molecule has 16 heavy (non-hydrogen) atoms. The van der Waals surface area contributed by atoms with E-state index in [2.05, 4.69) is 15.2 Å². The van der Waals surface area contributed by atoms with Crippen LogP contribution in [0.3, 0.4) is 0 Å². The van der Waals surface area contributed by atoms with Crippen LogP contribution in [0.1, 0.15) is 5.82 Å². The van der Waals surface area contributed by atoms with E-state index in [0.717, 1.165) is 23.3 Å². The maximum absolute atomic E-state index is 5.52. The Hall–Kier alpha value is -1.34. The molecular formula is C9H14N6S. The van der Waals surface area contributed by atoms with Crippen molar-refractivity contribution in [3.63, 3.8) is 0 Å².